The molecule has 15 nitrogen and oxygen atoms in total. The van der Waals surface area contributed by atoms with Crippen LogP contribution in [0.25, 0.3) is 0 Å². The van der Waals surface area contributed by atoms with Gasteiger partial charge in [-0.25, -0.2) is 16.8 Å². The molecule has 6 aromatic rings. The van der Waals surface area contributed by atoms with Crippen LogP contribution in [0.2, 0.25) is 0 Å². The van der Waals surface area contributed by atoms with Gasteiger partial charge in [0.2, 0.25) is 0 Å². The van der Waals surface area contributed by atoms with Gasteiger partial charge in [-0.3, -0.25) is 9.78 Å². The van der Waals surface area contributed by atoms with E-state index in [0.717, 1.165) is 33.8 Å². The number of rotatable bonds is 18. The number of aromatic amines is 1. The zero-order valence-electron chi connectivity index (χ0n) is 33.8. The quantitative estimate of drug-likeness (QED) is 0.106. The van der Waals surface area contributed by atoms with Gasteiger partial charge in [0.1, 0.15) is 23.0 Å². The molecule has 0 saturated carbocycles. The highest BCUT2D eigenvalue weighted by Crippen LogP contribution is 2.25. The van der Waals surface area contributed by atoms with Crippen LogP contribution in [0.3, 0.4) is 0 Å². The van der Waals surface area contributed by atoms with E-state index in [4.69, 9.17) is 18.9 Å². The molecule has 0 aliphatic heterocycles. The Balaban J connectivity index is 0.000000227. The van der Waals surface area contributed by atoms with Crippen molar-refractivity contribution >= 4 is 20.0 Å². The topological polar surface area (TPSA) is 178 Å². The van der Waals surface area contributed by atoms with Crippen molar-refractivity contribution in [2.24, 2.45) is 0 Å². The van der Waals surface area contributed by atoms with E-state index in [1.807, 2.05) is 72.8 Å². The molecule has 0 aliphatic carbocycles. The van der Waals surface area contributed by atoms with Crippen molar-refractivity contribution in [1.29, 1.82) is 0 Å². The number of hydrogen-bond donors (Lipinski definition) is 2. The number of nitrogens with zero attached hydrogens (tertiary/aromatic N) is 5. The molecule has 17 heteroatoms. The second-order valence-corrected chi connectivity index (χ2v) is 17.8. The molecule has 0 saturated heterocycles. The highest BCUT2D eigenvalue weighted by molar-refractivity contribution is 7.89. The van der Waals surface area contributed by atoms with Gasteiger partial charge >= 0.3 is 0 Å². The average Bonchev–Trinajstić information content (AvgIpc) is 3.95. The number of sulfonamides is 2. The maximum absolute atomic E-state index is 13.5. The molecule has 2 heterocycles. The number of benzene rings is 4. The first-order valence-corrected chi connectivity index (χ1v) is 21.3. The Morgan fingerprint density at radius 3 is 1.24 bits per heavy atom. The monoisotopic (exact) mass is 846 g/mol. The lowest BCUT2D eigenvalue weighted by atomic mass is 10.1. The molecule has 59 heavy (non-hydrogen) atoms. The molecule has 0 spiro atoms. The van der Waals surface area contributed by atoms with Crippen LogP contribution in [0.1, 0.15) is 36.1 Å². The first-order valence-electron chi connectivity index (χ1n) is 18.4. The zero-order valence-corrected chi connectivity index (χ0v) is 35.5. The minimum absolute atomic E-state index is 0.0597. The van der Waals surface area contributed by atoms with E-state index in [1.54, 1.807) is 72.7 Å². The van der Waals surface area contributed by atoms with Gasteiger partial charge in [-0.05, 0) is 96.8 Å². The van der Waals surface area contributed by atoms with Crippen molar-refractivity contribution in [3.63, 3.8) is 0 Å². The van der Waals surface area contributed by atoms with Gasteiger partial charge in [0.25, 0.3) is 20.0 Å². The van der Waals surface area contributed by atoms with Crippen molar-refractivity contribution in [2.45, 2.75) is 62.2 Å². The summed E-state index contributed by atoms with van der Waals surface area (Å²) in [7, 11) is -1.29. The predicted octanol–water partition coefficient (Wildman–Crippen LogP) is 5.88. The van der Waals surface area contributed by atoms with Crippen LogP contribution in [0, 0.1) is 0 Å². The third-order valence-electron chi connectivity index (χ3n) is 8.93. The zero-order chi connectivity index (χ0) is 42.6. The van der Waals surface area contributed by atoms with Crippen LogP contribution in [0.5, 0.6) is 23.0 Å². The molecule has 0 fully saturated rings. The molecular weight excluding hydrogens is 797 g/mol. The summed E-state index contributed by atoms with van der Waals surface area (Å²) in [6, 6.07) is 32.1. The van der Waals surface area contributed by atoms with E-state index in [1.165, 1.54) is 31.6 Å². The molecule has 6 rings (SSSR count). The number of aromatic nitrogens is 4. The smallest absolute Gasteiger partial charge is 0.262 e. The Morgan fingerprint density at radius 1 is 0.576 bits per heavy atom. The second-order valence-electron chi connectivity index (χ2n) is 14.0. The fraction of sp³-hybridized carbons (Fsp3) is 0.286. The molecule has 2 N–H and O–H groups in total. The number of methoxy groups -OCH3 is 4. The van der Waals surface area contributed by atoms with Crippen LogP contribution in [0.4, 0.5) is 0 Å². The summed E-state index contributed by atoms with van der Waals surface area (Å²) in [4.78, 5) is 0. The Labute approximate surface area is 345 Å². The van der Waals surface area contributed by atoms with Crippen molar-refractivity contribution in [1.82, 2.24) is 28.6 Å². The minimum atomic E-state index is -3.91. The first-order chi connectivity index (χ1) is 28.1. The Kier molecular flexibility index (Phi) is 14.9. The minimum Gasteiger partial charge on any atom is -0.497 e. The van der Waals surface area contributed by atoms with Crippen molar-refractivity contribution in [3.05, 3.63) is 144 Å². The van der Waals surface area contributed by atoms with Crippen LogP contribution >= 0.6 is 0 Å². The van der Waals surface area contributed by atoms with Crippen LogP contribution in [-0.4, -0.2) is 84.6 Å². The summed E-state index contributed by atoms with van der Waals surface area (Å²) in [5.74, 6) is 2.83. The van der Waals surface area contributed by atoms with Crippen molar-refractivity contribution in [3.8, 4) is 23.0 Å². The van der Waals surface area contributed by atoms with E-state index in [2.05, 4.69) is 15.3 Å². The van der Waals surface area contributed by atoms with Crippen LogP contribution < -0.4 is 18.9 Å². The van der Waals surface area contributed by atoms with Gasteiger partial charge in [-0.2, -0.15) is 18.8 Å². The van der Waals surface area contributed by atoms with E-state index in [0.29, 0.717) is 11.5 Å². The first kappa shape index (κ1) is 44.4. The fourth-order valence-electron chi connectivity index (χ4n) is 5.81. The van der Waals surface area contributed by atoms with E-state index in [9.17, 15) is 21.9 Å². The molecule has 0 bridgehead atoms. The van der Waals surface area contributed by atoms with Crippen LogP contribution in [0.15, 0.2) is 132 Å². The number of H-pyrrole nitrogens is 1. The van der Waals surface area contributed by atoms with Gasteiger partial charge in [0, 0.05) is 32.4 Å². The summed E-state index contributed by atoms with van der Waals surface area (Å²) < 4.78 is 78.1. The lowest BCUT2D eigenvalue weighted by Crippen LogP contribution is -2.31. The predicted molar refractivity (Wildman–Crippen MR) is 222 cm³/mol. The summed E-state index contributed by atoms with van der Waals surface area (Å²) >= 11 is 0. The summed E-state index contributed by atoms with van der Waals surface area (Å²) in [5, 5.41) is 20.5. The molecule has 2 aromatic heterocycles. The number of hydrogen-bond acceptors (Lipinski definition) is 11. The normalized spacial score (nSPS) is 11.9. The lowest BCUT2D eigenvalue weighted by molar-refractivity contribution is 0.0573. The van der Waals surface area contributed by atoms with E-state index >= 15 is 0 Å². The highest BCUT2D eigenvalue weighted by Gasteiger charge is 2.29. The van der Waals surface area contributed by atoms with Crippen LogP contribution in [-0.2, 0) is 52.8 Å². The Hall–Kier alpha value is -5.72. The maximum Gasteiger partial charge on any atom is 0.262 e. The molecule has 0 radical (unpaired) electrons. The Morgan fingerprint density at radius 2 is 0.932 bits per heavy atom. The maximum atomic E-state index is 13.5. The second kappa shape index (κ2) is 19.8. The summed E-state index contributed by atoms with van der Waals surface area (Å²) in [6.45, 7) is 4.23. The Bertz CT molecular complexity index is 2320. The fourth-order valence-corrected chi connectivity index (χ4v) is 8.47. The third-order valence-corrected chi connectivity index (χ3v) is 12.3. The molecule has 0 atom stereocenters. The van der Waals surface area contributed by atoms with Gasteiger partial charge in [0.15, 0.2) is 10.1 Å². The molecule has 0 amide bonds. The lowest BCUT2D eigenvalue weighted by Gasteiger charge is -2.22. The van der Waals surface area contributed by atoms with Gasteiger partial charge in [-0.15, -0.1) is 0 Å². The van der Waals surface area contributed by atoms with Gasteiger partial charge in [0.05, 0.1) is 46.8 Å². The molecule has 0 unspecified atom stereocenters. The van der Waals surface area contributed by atoms with Gasteiger partial charge in [-0.1, -0.05) is 48.5 Å². The average molecular weight is 847 g/mol. The number of ether oxygens (including phenoxy) is 4. The van der Waals surface area contributed by atoms with E-state index < -0.39 is 25.6 Å². The summed E-state index contributed by atoms with van der Waals surface area (Å²) in [5.41, 5.74) is 2.33. The van der Waals surface area contributed by atoms with E-state index in [-0.39, 0.29) is 42.8 Å². The molecule has 314 valence electrons. The molecular formula is C42H50N6O9S2. The van der Waals surface area contributed by atoms with Crippen molar-refractivity contribution in [2.75, 3.05) is 28.4 Å². The standard InChI is InChI=1S/C23H29N3O5S.C19H21N3O4S/c1-23(2,27)17-25-14-13-22(24-25)32(28,29)26(15-18-5-9-20(30-3)10-6-18)16-19-7-11-21(31-4)12-8-19;1-25-17-7-3-15(4-8-17)13-22(27(23,24)19-11-12-20-21-19)14-16-5-9-18(26-2)10-6-16/h5-14,27H,15-17H2,1-4H3;3-12H,13-14H2,1-2H3,(H,20,21). The number of aliphatic hydroxyl groups is 1. The van der Waals surface area contributed by atoms with Crippen molar-refractivity contribution < 1.29 is 40.9 Å². The largest absolute Gasteiger partial charge is 0.497 e. The summed E-state index contributed by atoms with van der Waals surface area (Å²) in [6.07, 6.45) is 2.98. The SMILES string of the molecule is COc1ccc(CN(Cc2ccc(OC)cc2)S(=O)(=O)c2ccn(CC(C)(C)O)n2)cc1.COc1ccc(CN(Cc2ccc(OC)cc2)S(=O)(=O)c2ccn[nH]2)cc1. The van der Waals surface area contributed by atoms with Gasteiger partial charge < -0.3 is 24.1 Å². The highest BCUT2D eigenvalue weighted by atomic mass is 32.2. The molecule has 0 aliphatic rings. The molecule has 4 aromatic carbocycles. The number of nitrogens with one attached hydrogen (secondary N) is 1. The third kappa shape index (κ3) is 12.4.